The van der Waals surface area contributed by atoms with Crippen LogP contribution in [0.3, 0.4) is 0 Å². The number of nitrogens with zero attached hydrogens (tertiary/aromatic N) is 1. The molecule has 6 heteroatoms. The maximum Gasteiger partial charge on any atom is 0.254 e. The Balaban J connectivity index is 1.72. The van der Waals surface area contributed by atoms with E-state index in [0.717, 1.165) is 23.1 Å². The molecular weight excluding hydrogens is 414 g/mol. The minimum absolute atomic E-state index is 0.0242. The minimum Gasteiger partial charge on any atom is -0.352 e. The van der Waals surface area contributed by atoms with Crippen molar-refractivity contribution < 1.29 is 14.4 Å². The lowest BCUT2D eigenvalue weighted by molar-refractivity contribution is -0.125. The molecule has 0 bridgehead atoms. The number of benzene rings is 2. The molecule has 3 rings (SSSR count). The van der Waals surface area contributed by atoms with Gasteiger partial charge in [-0.3, -0.25) is 14.4 Å². The van der Waals surface area contributed by atoms with Crippen molar-refractivity contribution in [2.45, 2.75) is 59.0 Å². The van der Waals surface area contributed by atoms with Crippen molar-refractivity contribution in [3.63, 3.8) is 0 Å². The molecule has 3 amide bonds. The summed E-state index contributed by atoms with van der Waals surface area (Å²) in [7, 11) is 0. The van der Waals surface area contributed by atoms with Gasteiger partial charge in [0.25, 0.3) is 11.8 Å². The van der Waals surface area contributed by atoms with Crippen molar-refractivity contribution in [2.24, 2.45) is 5.92 Å². The minimum atomic E-state index is -0.637. The number of nitrogens with one attached hydrogen (secondary N) is 2. The molecule has 2 aromatic carbocycles. The Labute approximate surface area is 196 Å². The van der Waals surface area contributed by atoms with Crippen LogP contribution in [0.5, 0.6) is 0 Å². The van der Waals surface area contributed by atoms with E-state index in [0.29, 0.717) is 31.5 Å². The largest absolute Gasteiger partial charge is 0.352 e. The van der Waals surface area contributed by atoms with E-state index in [4.69, 9.17) is 0 Å². The zero-order valence-corrected chi connectivity index (χ0v) is 20.1. The summed E-state index contributed by atoms with van der Waals surface area (Å²) in [6.45, 7) is 8.93. The lowest BCUT2D eigenvalue weighted by Crippen LogP contribution is -2.55. The molecule has 2 aromatic rings. The Morgan fingerprint density at radius 3 is 2.00 bits per heavy atom. The van der Waals surface area contributed by atoms with Crippen LogP contribution >= 0.6 is 0 Å². The molecule has 0 spiro atoms. The molecule has 0 aliphatic carbocycles. The van der Waals surface area contributed by atoms with Crippen molar-refractivity contribution in [3.8, 4) is 0 Å². The fourth-order valence-corrected chi connectivity index (χ4v) is 4.30. The van der Waals surface area contributed by atoms with Crippen molar-refractivity contribution in [1.29, 1.82) is 0 Å². The molecule has 1 fully saturated rings. The maximum absolute atomic E-state index is 13.1. The van der Waals surface area contributed by atoms with E-state index in [1.807, 2.05) is 75.1 Å². The van der Waals surface area contributed by atoms with Gasteiger partial charge < -0.3 is 15.5 Å². The van der Waals surface area contributed by atoms with Gasteiger partial charge in [-0.2, -0.15) is 0 Å². The van der Waals surface area contributed by atoms with E-state index < -0.39 is 6.04 Å². The van der Waals surface area contributed by atoms with Crippen LogP contribution in [-0.4, -0.2) is 47.8 Å². The lowest BCUT2D eigenvalue weighted by Gasteiger charge is -2.36. The van der Waals surface area contributed by atoms with Gasteiger partial charge in [-0.1, -0.05) is 43.3 Å². The zero-order chi connectivity index (χ0) is 24.0. The molecule has 2 atom stereocenters. The molecule has 1 aliphatic heterocycles. The standard InChI is InChI=1S/C27H35N3O3/c1-5-20(4)28-26(32)24(29-25(31)22-12-8-6-10-18(22)2)21-14-16-30(17-15-21)27(33)23-13-9-7-11-19(23)3/h6-13,20-21,24H,5,14-17H2,1-4H3,(H,28,32)(H,29,31)/t20-,24+/m1/s1. The fourth-order valence-electron chi connectivity index (χ4n) is 4.30. The third-order valence-electron chi connectivity index (χ3n) is 6.63. The number of aryl methyl sites for hydroxylation is 2. The second kappa shape index (κ2) is 11.1. The first-order chi connectivity index (χ1) is 15.8. The average molecular weight is 450 g/mol. The molecule has 6 nitrogen and oxygen atoms in total. The number of hydrogen-bond acceptors (Lipinski definition) is 3. The normalized spacial score (nSPS) is 16.1. The Hall–Kier alpha value is -3.15. The summed E-state index contributed by atoms with van der Waals surface area (Å²) in [5.74, 6) is -0.412. The summed E-state index contributed by atoms with van der Waals surface area (Å²) in [4.78, 5) is 41.0. The average Bonchev–Trinajstić information content (AvgIpc) is 2.82. The van der Waals surface area contributed by atoms with E-state index in [2.05, 4.69) is 10.6 Å². The van der Waals surface area contributed by atoms with Crippen LogP contribution in [0.1, 0.15) is 65.0 Å². The summed E-state index contributed by atoms with van der Waals surface area (Å²) in [6.07, 6.45) is 2.13. The predicted molar refractivity (Wildman–Crippen MR) is 130 cm³/mol. The molecule has 0 saturated carbocycles. The van der Waals surface area contributed by atoms with Crippen LogP contribution in [0, 0.1) is 19.8 Å². The van der Waals surface area contributed by atoms with Crippen LogP contribution < -0.4 is 10.6 Å². The molecule has 0 radical (unpaired) electrons. The number of piperidine rings is 1. The number of rotatable bonds is 7. The molecule has 1 heterocycles. The topological polar surface area (TPSA) is 78.5 Å². The number of amides is 3. The van der Waals surface area contributed by atoms with Gasteiger partial charge in [0.15, 0.2) is 0 Å². The number of likely N-dealkylation sites (tertiary alicyclic amines) is 1. The summed E-state index contributed by atoms with van der Waals surface area (Å²) >= 11 is 0. The number of carbonyl (C=O) groups is 3. The highest BCUT2D eigenvalue weighted by Gasteiger charge is 2.34. The number of carbonyl (C=O) groups excluding carboxylic acids is 3. The predicted octanol–water partition coefficient (Wildman–Crippen LogP) is 3.87. The molecule has 2 N–H and O–H groups in total. The Kier molecular flexibility index (Phi) is 8.26. The van der Waals surface area contributed by atoms with Gasteiger partial charge in [0.1, 0.15) is 6.04 Å². The van der Waals surface area contributed by atoms with Gasteiger partial charge in [0.05, 0.1) is 0 Å². The summed E-state index contributed by atoms with van der Waals surface area (Å²) < 4.78 is 0. The second-order valence-corrected chi connectivity index (χ2v) is 9.03. The summed E-state index contributed by atoms with van der Waals surface area (Å²) in [6, 6.07) is 14.4. The smallest absolute Gasteiger partial charge is 0.254 e. The molecular formula is C27H35N3O3. The summed E-state index contributed by atoms with van der Waals surface area (Å²) in [5, 5.41) is 6.04. The summed E-state index contributed by atoms with van der Waals surface area (Å²) in [5.41, 5.74) is 3.12. The third-order valence-corrected chi connectivity index (χ3v) is 6.63. The lowest BCUT2D eigenvalue weighted by atomic mass is 9.87. The molecule has 1 saturated heterocycles. The molecule has 33 heavy (non-hydrogen) atoms. The van der Waals surface area contributed by atoms with Gasteiger partial charge in [0, 0.05) is 30.3 Å². The second-order valence-electron chi connectivity index (χ2n) is 9.03. The van der Waals surface area contributed by atoms with Gasteiger partial charge in [0.2, 0.25) is 5.91 Å². The zero-order valence-electron chi connectivity index (χ0n) is 20.1. The monoisotopic (exact) mass is 449 g/mol. The van der Waals surface area contributed by atoms with E-state index in [1.54, 1.807) is 6.07 Å². The van der Waals surface area contributed by atoms with Gasteiger partial charge in [-0.05, 0) is 69.2 Å². The highest BCUT2D eigenvalue weighted by molar-refractivity contribution is 5.99. The van der Waals surface area contributed by atoms with Crippen molar-refractivity contribution >= 4 is 17.7 Å². The first-order valence-electron chi connectivity index (χ1n) is 11.8. The molecule has 0 aromatic heterocycles. The van der Waals surface area contributed by atoms with Gasteiger partial charge in [-0.25, -0.2) is 0 Å². The van der Waals surface area contributed by atoms with E-state index in [1.165, 1.54) is 0 Å². The SMILES string of the molecule is CC[C@@H](C)NC(=O)[C@@H](NC(=O)c1ccccc1C)C1CCN(C(=O)c2ccccc2C)CC1. The van der Waals surface area contributed by atoms with Crippen LogP contribution in [0.25, 0.3) is 0 Å². The maximum atomic E-state index is 13.1. The van der Waals surface area contributed by atoms with Crippen LogP contribution in [-0.2, 0) is 4.79 Å². The molecule has 0 unspecified atom stereocenters. The number of hydrogen-bond donors (Lipinski definition) is 2. The van der Waals surface area contributed by atoms with Crippen LogP contribution in [0.2, 0.25) is 0 Å². The molecule has 1 aliphatic rings. The molecule has 176 valence electrons. The fraction of sp³-hybridized carbons (Fsp3) is 0.444. The first kappa shape index (κ1) is 24.5. The quantitative estimate of drug-likeness (QED) is 0.674. The van der Waals surface area contributed by atoms with E-state index in [-0.39, 0.29) is 29.7 Å². The van der Waals surface area contributed by atoms with E-state index in [9.17, 15) is 14.4 Å². The highest BCUT2D eigenvalue weighted by atomic mass is 16.2. The van der Waals surface area contributed by atoms with Crippen molar-refractivity contribution in [1.82, 2.24) is 15.5 Å². The van der Waals surface area contributed by atoms with Gasteiger partial charge in [-0.15, -0.1) is 0 Å². The Morgan fingerprint density at radius 1 is 0.909 bits per heavy atom. The Bertz CT molecular complexity index is 996. The van der Waals surface area contributed by atoms with Crippen LogP contribution in [0.4, 0.5) is 0 Å². The first-order valence-corrected chi connectivity index (χ1v) is 11.8. The van der Waals surface area contributed by atoms with E-state index >= 15 is 0 Å². The third kappa shape index (κ3) is 6.01. The van der Waals surface area contributed by atoms with Crippen molar-refractivity contribution in [2.75, 3.05) is 13.1 Å². The van der Waals surface area contributed by atoms with Gasteiger partial charge >= 0.3 is 0 Å². The van der Waals surface area contributed by atoms with Crippen LogP contribution in [0.15, 0.2) is 48.5 Å². The van der Waals surface area contributed by atoms with Crippen molar-refractivity contribution in [3.05, 3.63) is 70.8 Å². The Morgan fingerprint density at radius 2 is 1.45 bits per heavy atom. The highest BCUT2D eigenvalue weighted by Crippen LogP contribution is 2.24.